The number of hydrogen-bond acceptors (Lipinski definition) is 7. The molecule has 0 spiro atoms. The number of ether oxygens (including phenoxy) is 2. The first-order valence-electron chi connectivity index (χ1n) is 11.8. The summed E-state index contributed by atoms with van der Waals surface area (Å²) < 4.78 is 40.5. The zero-order chi connectivity index (χ0) is 23.2. The van der Waals surface area contributed by atoms with Crippen molar-refractivity contribution in [1.29, 1.82) is 0 Å². The van der Waals surface area contributed by atoms with Gasteiger partial charge in [0.05, 0.1) is 11.5 Å². The van der Waals surface area contributed by atoms with Gasteiger partial charge >= 0.3 is 0 Å². The fourth-order valence-corrected chi connectivity index (χ4v) is 6.20. The van der Waals surface area contributed by atoms with Gasteiger partial charge in [0, 0.05) is 55.5 Å². The van der Waals surface area contributed by atoms with E-state index in [9.17, 15) is 4.55 Å². The summed E-state index contributed by atoms with van der Waals surface area (Å²) in [4.78, 5) is 11.1. The molecule has 1 aliphatic carbocycles. The molecule has 180 valence electrons. The predicted molar refractivity (Wildman–Crippen MR) is 129 cm³/mol. The fraction of sp³-hybridized carbons (Fsp3) is 0.500. The summed E-state index contributed by atoms with van der Waals surface area (Å²) >= 11 is -0.676. The van der Waals surface area contributed by atoms with Gasteiger partial charge in [-0.05, 0) is 18.9 Å². The van der Waals surface area contributed by atoms with Gasteiger partial charge in [0.25, 0.3) is 0 Å². The Hall–Kier alpha value is -2.40. The predicted octanol–water partition coefficient (Wildman–Crippen LogP) is 2.76. The Bertz CT molecular complexity index is 1190. The molecule has 3 aliphatic rings. The van der Waals surface area contributed by atoms with Crippen LogP contribution in [0, 0.1) is 5.82 Å². The molecule has 1 atom stereocenters. The van der Waals surface area contributed by atoms with Crippen molar-refractivity contribution < 1.29 is 18.4 Å². The second-order valence-electron chi connectivity index (χ2n) is 9.28. The first-order chi connectivity index (χ1) is 16.6. The highest BCUT2D eigenvalue weighted by atomic mass is 32.2. The minimum absolute atomic E-state index is 0.0282. The number of nitrogen functional groups attached to an aromatic ring is 1. The van der Waals surface area contributed by atoms with Gasteiger partial charge in [-0.3, -0.25) is 4.90 Å². The lowest BCUT2D eigenvalue weighted by Crippen LogP contribution is -2.51. The van der Waals surface area contributed by atoms with E-state index in [0.717, 1.165) is 56.1 Å². The van der Waals surface area contributed by atoms with Crippen molar-refractivity contribution in [2.24, 2.45) is 0 Å². The summed E-state index contributed by atoms with van der Waals surface area (Å²) in [6.45, 7) is 2.84. The number of anilines is 1. The average Bonchev–Trinajstić information content (AvgIpc) is 3.14. The van der Waals surface area contributed by atoms with E-state index in [0.29, 0.717) is 35.0 Å². The molecule has 8 nitrogen and oxygen atoms in total. The van der Waals surface area contributed by atoms with Crippen LogP contribution in [0.15, 0.2) is 30.7 Å². The van der Waals surface area contributed by atoms with Crippen LogP contribution < -0.4 is 10.5 Å². The van der Waals surface area contributed by atoms with Crippen LogP contribution >= 0.6 is 0 Å². The van der Waals surface area contributed by atoms with Crippen LogP contribution in [0.2, 0.25) is 0 Å². The molecule has 2 saturated heterocycles. The number of aromatic nitrogens is 3. The Kier molecular flexibility index (Phi) is 5.84. The number of hydrogen-bond donors (Lipinski definition) is 1. The molecule has 34 heavy (non-hydrogen) atoms. The molecule has 10 heteroatoms. The van der Waals surface area contributed by atoms with Crippen LogP contribution in [-0.2, 0) is 15.9 Å². The number of nitrogens with two attached hydrogens (primary N) is 1. The highest BCUT2D eigenvalue weighted by Crippen LogP contribution is 2.43. The number of nitrogens with zero attached hydrogens (tertiary/aromatic N) is 4. The van der Waals surface area contributed by atoms with E-state index in [1.54, 1.807) is 18.2 Å². The molecule has 0 radical (unpaired) electrons. The topological polar surface area (TPSA) is 101 Å². The van der Waals surface area contributed by atoms with Crippen LogP contribution in [0.1, 0.15) is 25.3 Å². The summed E-state index contributed by atoms with van der Waals surface area (Å²) in [5, 5.41) is 0.665. The van der Waals surface area contributed by atoms with Gasteiger partial charge in [0.15, 0.2) is 11.6 Å². The Morgan fingerprint density at radius 1 is 1.18 bits per heavy atom. The number of rotatable bonds is 6. The fourth-order valence-electron chi connectivity index (χ4n) is 5.12. The quantitative estimate of drug-likeness (QED) is 0.536. The first kappa shape index (κ1) is 22.1. The summed E-state index contributed by atoms with van der Waals surface area (Å²) in [6.07, 6.45) is 6.34. The molecule has 4 heterocycles. The molecule has 6 rings (SSSR count). The maximum absolute atomic E-state index is 15.5. The molecule has 0 bridgehead atoms. The standard InChI is InChI=1S/C24H28FN5O3S/c25-22-18(2-1-3-20(22)33-13-17-4-7-32-17)19-12-30(24-21(19)23(26)27-14-28-24)16-10-15(11-16)29-5-8-34(31)9-6-29/h1-3,12,14-17H,4-11,13H2,(H2,26,27,28)/t15-,16+,17?. The van der Waals surface area contributed by atoms with Crippen molar-refractivity contribution >= 4 is 28.0 Å². The van der Waals surface area contributed by atoms with Gasteiger partial charge in [0.1, 0.15) is 35.9 Å². The number of benzene rings is 1. The molecule has 2 N–H and O–H groups in total. The van der Waals surface area contributed by atoms with Crippen molar-refractivity contribution in [3.63, 3.8) is 0 Å². The Morgan fingerprint density at radius 3 is 2.71 bits per heavy atom. The molecule has 1 aromatic carbocycles. The van der Waals surface area contributed by atoms with E-state index < -0.39 is 17.0 Å². The zero-order valence-electron chi connectivity index (χ0n) is 18.9. The van der Waals surface area contributed by atoms with Crippen molar-refractivity contribution in [1.82, 2.24) is 19.4 Å². The first-order valence-corrected chi connectivity index (χ1v) is 13.3. The molecule has 3 fully saturated rings. The highest BCUT2D eigenvalue weighted by Gasteiger charge is 2.38. The van der Waals surface area contributed by atoms with Crippen LogP contribution in [-0.4, -0.2) is 73.9 Å². The number of fused-ring (bicyclic) bond motifs is 1. The Labute approximate surface area is 200 Å². The van der Waals surface area contributed by atoms with Gasteiger partial charge in [-0.2, -0.15) is 0 Å². The van der Waals surface area contributed by atoms with E-state index in [1.807, 2.05) is 6.20 Å². The van der Waals surface area contributed by atoms with Crippen LogP contribution in [0.5, 0.6) is 5.75 Å². The Balaban J connectivity index is 1.29. The lowest BCUT2D eigenvalue weighted by atomic mass is 9.85. The largest absolute Gasteiger partial charge is 0.616 e. The number of halogens is 1. The van der Waals surface area contributed by atoms with Crippen LogP contribution in [0.25, 0.3) is 22.2 Å². The summed E-state index contributed by atoms with van der Waals surface area (Å²) in [7, 11) is 0. The SMILES string of the molecule is Nc1ncnc2c1c(-c1cccc(OCC3CCO3)c1F)cn2[C@H]1C[C@@H](N2CC[S+]([O-])CC2)C1. The minimum atomic E-state index is -0.676. The van der Waals surface area contributed by atoms with E-state index in [2.05, 4.69) is 19.4 Å². The molecule has 1 saturated carbocycles. The molecule has 3 aromatic rings. The van der Waals surface area contributed by atoms with Gasteiger partial charge in [-0.1, -0.05) is 23.3 Å². The van der Waals surface area contributed by atoms with Crippen molar-refractivity contribution in [2.75, 3.05) is 43.5 Å². The molecular formula is C24H28FN5O3S. The second-order valence-corrected chi connectivity index (χ2v) is 11.0. The van der Waals surface area contributed by atoms with Gasteiger partial charge in [-0.15, -0.1) is 0 Å². The maximum Gasteiger partial charge on any atom is 0.172 e. The van der Waals surface area contributed by atoms with Gasteiger partial charge < -0.3 is 24.3 Å². The van der Waals surface area contributed by atoms with E-state index in [1.165, 1.54) is 6.33 Å². The average molecular weight is 486 g/mol. The molecular weight excluding hydrogens is 457 g/mol. The van der Waals surface area contributed by atoms with E-state index >= 15 is 4.39 Å². The summed E-state index contributed by atoms with van der Waals surface area (Å²) in [5.41, 5.74) is 8.08. The lowest BCUT2D eigenvalue weighted by molar-refractivity contribution is -0.0725. The minimum Gasteiger partial charge on any atom is -0.616 e. The summed E-state index contributed by atoms with van der Waals surface area (Å²) in [6, 6.07) is 5.90. The smallest absolute Gasteiger partial charge is 0.172 e. The maximum atomic E-state index is 15.5. The zero-order valence-corrected chi connectivity index (χ0v) is 19.7. The third-order valence-electron chi connectivity index (χ3n) is 7.32. The lowest BCUT2D eigenvalue weighted by Gasteiger charge is -2.44. The normalized spacial score (nSPS) is 25.8. The highest BCUT2D eigenvalue weighted by molar-refractivity contribution is 7.91. The molecule has 2 aliphatic heterocycles. The Morgan fingerprint density at radius 2 is 1.97 bits per heavy atom. The van der Waals surface area contributed by atoms with Gasteiger partial charge in [0.2, 0.25) is 0 Å². The third-order valence-corrected chi connectivity index (χ3v) is 8.60. The third kappa shape index (κ3) is 3.92. The summed E-state index contributed by atoms with van der Waals surface area (Å²) in [5.74, 6) is 1.63. The van der Waals surface area contributed by atoms with Crippen molar-refractivity contribution in [3.05, 3.63) is 36.5 Å². The second kappa shape index (κ2) is 8.99. The van der Waals surface area contributed by atoms with E-state index in [4.69, 9.17) is 15.2 Å². The van der Waals surface area contributed by atoms with Crippen molar-refractivity contribution in [3.8, 4) is 16.9 Å². The van der Waals surface area contributed by atoms with Gasteiger partial charge in [-0.25, -0.2) is 14.4 Å². The monoisotopic (exact) mass is 485 g/mol. The molecule has 1 unspecified atom stereocenters. The van der Waals surface area contributed by atoms with Crippen LogP contribution in [0.4, 0.5) is 10.2 Å². The van der Waals surface area contributed by atoms with Crippen LogP contribution in [0.3, 0.4) is 0 Å². The molecule has 0 amide bonds. The molecule has 2 aromatic heterocycles. The van der Waals surface area contributed by atoms with Crippen molar-refractivity contribution in [2.45, 2.75) is 37.5 Å². The van der Waals surface area contributed by atoms with E-state index in [-0.39, 0.29) is 17.9 Å².